The number of hydrogen-bond donors (Lipinski definition) is 0. The minimum absolute atomic E-state index is 0. The molecule has 0 unspecified atom stereocenters. The van der Waals surface area contributed by atoms with Gasteiger partial charge in [-0.1, -0.05) is 32.0 Å². The molecule has 0 aromatic carbocycles. The third-order valence-electron chi connectivity index (χ3n) is 3.15. The molecule has 0 spiro atoms. The summed E-state index contributed by atoms with van der Waals surface area (Å²) in [5.74, 6) is 0.275. The number of rotatable bonds is 2. The second-order valence-electron chi connectivity index (χ2n) is 4.79. The van der Waals surface area contributed by atoms with Gasteiger partial charge in [-0.2, -0.15) is 0 Å². The van der Waals surface area contributed by atoms with E-state index in [4.69, 9.17) is 0 Å². The molecule has 0 bridgehead atoms. The summed E-state index contributed by atoms with van der Waals surface area (Å²) >= 11 is 0. The quantitative estimate of drug-likeness (QED) is 0.582. The van der Waals surface area contributed by atoms with E-state index in [9.17, 15) is 13.0 Å². The Morgan fingerprint density at radius 2 is 1.68 bits per heavy atom. The Hall–Kier alpha value is -0.390. The zero-order chi connectivity index (χ0) is 13.5. The van der Waals surface area contributed by atoms with Gasteiger partial charge in [0.2, 0.25) is 0 Å². The average Bonchev–Trinajstić information content (AvgIpc) is 2.59. The predicted molar refractivity (Wildman–Crippen MR) is 69.9 cm³/mol. The van der Waals surface area contributed by atoms with Crippen LogP contribution in [0, 0.1) is 6.92 Å². The van der Waals surface area contributed by atoms with Gasteiger partial charge in [0.1, 0.15) is 10.1 Å². The molecule has 0 fully saturated rings. The van der Waals surface area contributed by atoms with Crippen LogP contribution in [-0.2, 0) is 10.1 Å². The second-order valence-corrected chi connectivity index (χ2v) is 6.14. The fourth-order valence-corrected chi connectivity index (χ4v) is 2.74. The standard InChI is InChI=1S/C14H16O3S.Na/c1-9(2)11-5-4-10(3)12-6-7-14(13(12)8-11)18(15,16)17;/h4-9H,1-3H3,(H,15,16,17);/q;+1/p-1. The maximum absolute atomic E-state index is 11.2. The minimum Gasteiger partial charge on any atom is -0.744 e. The third-order valence-corrected chi connectivity index (χ3v) is 4.05. The summed E-state index contributed by atoms with van der Waals surface area (Å²) in [4.78, 5) is -0.126. The van der Waals surface area contributed by atoms with Gasteiger partial charge < -0.3 is 4.55 Å². The third kappa shape index (κ3) is 3.38. The van der Waals surface area contributed by atoms with Gasteiger partial charge in [0.25, 0.3) is 0 Å². The molecule has 5 heteroatoms. The van der Waals surface area contributed by atoms with Gasteiger partial charge in [0.05, 0.1) is 4.90 Å². The van der Waals surface area contributed by atoms with E-state index in [1.807, 2.05) is 32.9 Å². The van der Waals surface area contributed by atoms with Crippen LogP contribution in [0.3, 0.4) is 0 Å². The fraction of sp³-hybridized carbons (Fsp3) is 0.286. The van der Waals surface area contributed by atoms with Crippen molar-refractivity contribution in [2.45, 2.75) is 31.6 Å². The smallest absolute Gasteiger partial charge is 0.744 e. The predicted octanol–water partition coefficient (Wildman–Crippen LogP) is 0.131. The summed E-state index contributed by atoms with van der Waals surface area (Å²) in [6.45, 7) is 5.98. The van der Waals surface area contributed by atoms with Crippen LogP contribution in [0.2, 0.25) is 0 Å². The van der Waals surface area contributed by atoms with E-state index in [1.165, 1.54) is 6.07 Å². The SMILES string of the molecule is Cc1ccc(C(C)C)cc2c(S(=O)(=O)[O-])ccc1-2.[Na+]. The second kappa shape index (κ2) is 5.94. The molecule has 19 heavy (non-hydrogen) atoms. The molecule has 2 aliphatic rings. The first kappa shape index (κ1) is 16.7. The van der Waals surface area contributed by atoms with Crippen molar-refractivity contribution < 1.29 is 42.5 Å². The maximum atomic E-state index is 11.2. The normalized spacial score (nSPS) is 11.6. The minimum atomic E-state index is -4.43. The van der Waals surface area contributed by atoms with E-state index in [0.29, 0.717) is 5.56 Å². The molecule has 96 valence electrons. The first-order valence-electron chi connectivity index (χ1n) is 5.80. The topological polar surface area (TPSA) is 57.2 Å². The maximum Gasteiger partial charge on any atom is 1.00 e. The van der Waals surface area contributed by atoms with Crippen LogP contribution in [0.4, 0.5) is 0 Å². The molecule has 0 aromatic rings. The van der Waals surface area contributed by atoms with Crippen LogP contribution < -0.4 is 29.6 Å². The molecule has 0 saturated carbocycles. The molecule has 0 heterocycles. The van der Waals surface area contributed by atoms with E-state index in [-0.39, 0.29) is 40.4 Å². The molecule has 0 aliphatic heterocycles. The molecular weight excluding hydrogens is 271 g/mol. The van der Waals surface area contributed by atoms with Crippen LogP contribution in [-0.4, -0.2) is 13.0 Å². The Bertz CT molecular complexity index is 663. The Labute approximate surface area is 136 Å². The Kier molecular flexibility index (Phi) is 5.21. The van der Waals surface area contributed by atoms with E-state index in [1.54, 1.807) is 12.1 Å². The largest absolute Gasteiger partial charge is 1.00 e. The molecule has 0 atom stereocenters. The van der Waals surface area contributed by atoms with E-state index in [2.05, 4.69) is 0 Å². The van der Waals surface area contributed by atoms with E-state index in [0.717, 1.165) is 16.7 Å². The van der Waals surface area contributed by atoms with Gasteiger partial charge >= 0.3 is 29.6 Å². The van der Waals surface area contributed by atoms with Crippen LogP contribution >= 0.6 is 0 Å². The van der Waals surface area contributed by atoms with Gasteiger partial charge in [0.15, 0.2) is 0 Å². The Balaban J connectivity index is 0.00000180. The van der Waals surface area contributed by atoms with Gasteiger partial charge in [-0.15, -0.1) is 0 Å². The van der Waals surface area contributed by atoms with Gasteiger partial charge in [0, 0.05) is 0 Å². The summed E-state index contributed by atoms with van der Waals surface area (Å²) in [6.07, 6.45) is 0. The van der Waals surface area contributed by atoms with Crippen LogP contribution in [0.25, 0.3) is 11.1 Å². The van der Waals surface area contributed by atoms with Crippen molar-refractivity contribution in [3.05, 3.63) is 41.5 Å². The van der Waals surface area contributed by atoms with Crippen molar-refractivity contribution >= 4 is 10.1 Å². The zero-order valence-corrected chi connectivity index (χ0v) is 14.4. The number of hydrogen-bond acceptors (Lipinski definition) is 3. The van der Waals surface area contributed by atoms with Gasteiger partial charge in [-0.25, -0.2) is 8.42 Å². The molecular formula is C14H15NaO3S. The number of fused-ring (bicyclic) bond motifs is 1. The van der Waals surface area contributed by atoms with Crippen molar-refractivity contribution in [2.75, 3.05) is 0 Å². The Morgan fingerprint density at radius 1 is 1.05 bits per heavy atom. The molecule has 2 rings (SSSR count). The van der Waals surface area contributed by atoms with Crippen molar-refractivity contribution in [3.63, 3.8) is 0 Å². The summed E-state index contributed by atoms with van der Waals surface area (Å²) in [5.41, 5.74) is 3.32. The van der Waals surface area contributed by atoms with E-state index < -0.39 is 10.1 Å². The van der Waals surface area contributed by atoms with Gasteiger partial charge in [-0.05, 0) is 47.2 Å². The average molecular weight is 286 g/mol. The Morgan fingerprint density at radius 3 is 2.21 bits per heavy atom. The number of aryl methyl sites for hydroxylation is 1. The first-order valence-corrected chi connectivity index (χ1v) is 7.20. The van der Waals surface area contributed by atoms with Crippen molar-refractivity contribution in [1.82, 2.24) is 0 Å². The summed E-state index contributed by atoms with van der Waals surface area (Å²) in [7, 11) is -4.43. The van der Waals surface area contributed by atoms with E-state index >= 15 is 0 Å². The molecule has 2 aliphatic carbocycles. The molecule has 3 nitrogen and oxygen atoms in total. The van der Waals surface area contributed by atoms with Crippen LogP contribution in [0.15, 0.2) is 35.2 Å². The molecule has 0 amide bonds. The summed E-state index contributed by atoms with van der Waals surface area (Å²) in [6, 6.07) is 8.82. The van der Waals surface area contributed by atoms with Crippen molar-refractivity contribution in [3.8, 4) is 11.1 Å². The van der Waals surface area contributed by atoms with Gasteiger partial charge in [-0.3, -0.25) is 0 Å². The molecule has 0 aromatic heterocycles. The fourth-order valence-electron chi connectivity index (χ4n) is 2.07. The molecule has 0 N–H and O–H groups in total. The monoisotopic (exact) mass is 286 g/mol. The van der Waals surface area contributed by atoms with Crippen LogP contribution in [0.5, 0.6) is 0 Å². The molecule has 0 radical (unpaired) electrons. The van der Waals surface area contributed by atoms with Crippen LogP contribution in [0.1, 0.15) is 30.9 Å². The first-order chi connectivity index (χ1) is 8.30. The molecule has 0 saturated heterocycles. The zero-order valence-electron chi connectivity index (χ0n) is 11.6. The van der Waals surface area contributed by atoms with Crippen molar-refractivity contribution in [1.29, 1.82) is 0 Å². The summed E-state index contributed by atoms with van der Waals surface area (Å²) < 4.78 is 33.7. The van der Waals surface area contributed by atoms with Crippen molar-refractivity contribution in [2.24, 2.45) is 0 Å². The summed E-state index contributed by atoms with van der Waals surface area (Å²) in [5, 5.41) is 0.